The summed E-state index contributed by atoms with van der Waals surface area (Å²) in [6, 6.07) is 6.82. The van der Waals surface area contributed by atoms with Crippen LogP contribution in [0.3, 0.4) is 0 Å². The Hall–Kier alpha value is -1.82. The van der Waals surface area contributed by atoms with Crippen LogP contribution in [0.4, 0.5) is 14.9 Å². The Labute approximate surface area is 143 Å². The zero-order valence-electron chi connectivity index (χ0n) is 14.3. The fourth-order valence-electron chi connectivity index (χ4n) is 3.64. The van der Waals surface area contributed by atoms with Gasteiger partial charge in [-0.3, -0.25) is 0 Å². The summed E-state index contributed by atoms with van der Waals surface area (Å²) in [4.78, 5) is 16.6. The maximum absolute atomic E-state index is 13.0. The number of benzene rings is 1. The summed E-state index contributed by atoms with van der Waals surface area (Å²) in [5.41, 5.74) is 1.05. The lowest BCUT2D eigenvalue weighted by Crippen LogP contribution is -2.50. The second kappa shape index (κ2) is 7.83. The number of urea groups is 1. The molecule has 5 nitrogen and oxygen atoms in total. The molecule has 0 spiro atoms. The van der Waals surface area contributed by atoms with Gasteiger partial charge in [0.2, 0.25) is 0 Å². The smallest absolute Gasteiger partial charge is 0.315 e. The highest BCUT2D eigenvalue weighted by atomic mass is 19.1. The van der Waals surface area contributed by atoms with Crippen LogP contribution in [-0.4, -0.2) is 56.7 Å². The zero-order valence-corrected chi connectivity index (χ0v) is 14.3. The molecule has 6 heteroatoms. The first-order valence-electron chi connectivity index (χ1n) is 8.83. The lowest BCUT2D eigenvalue weighted by molar-refractivity contribution is 0.208. The number of likely N-dealkylation sites (N-methyl/N-ethyl adjacent to an activating group) is 1. The molecule has 24 heavy (non-hydrogen) atoms. The van der Waals surface area contributed by atoms with Crippen LogP contribution < -0.4 is 15.5 Å². The number of hydrogen-bond donors (Lipinski definition) is 2. The largest absolute Gasteiger partial charge is 0.371 e. The van der Waals surface area contributed by atoms with Gasteiger partial charge in [-0.1, -0.05) is 0 Å². The topological polar surface area (TPSA) is 47.6 Å². The van der Waals surface area contributed by atoms with Gasteiger partial charge < -0.3 is 20.4 Å². The van der Waals surface area contributed by atoms with Crippen LogP contribution in [0.5, 0.6) is 0 Å². The Morgan fingerprint density at radius 3 is 2.75 bits per heavy atom. The van der Waals surface area contributed by atoms with Gasteiger partial charge in [0, 0.05) is 37.9 Å². The van der Waals surface area contributed by atoms with Crippen LogP contribution in [0, 0.1) is 11.7 Å². The number of hydrogen-bond acceptors (Lipinski definition) is 3. The Bertz CT molecular complexity index is 550. The van der Waals surface area contributed by atoms with Gasteiger partial charge in [0.15, 0.2) is 0 Å². The summed E-state index contributed by atoms with van der Waals surface area (Å²) in [6.45, 7) is 4.58. The van der Waals surface area contributed by atoms with E-state index in [2.05, 4.69) is 27.5 Å². The van der Waals surface area contributed by atoms with Crippen LogP contribution >= 0.6 is 0 Å². The molecule has 3 rings (SSSR count). The van der Waals surface area contributed by atoms with Gasteiger partial charge >= 0.3 is 6.03 Å². The highest BCUT2D eigenvalue weighted by Crippen LogP contribution is 2.23. The summed E-state index contributed by atoms with van der Waals surface area (Å²) < 4.78 is 13.0. The molecule has 1 aromatic rings. The van der Waals surface area contributed by atoms with Crippen molar-refractivity contribution in [2.45, 2.75) is 25.3 Å². The number of nitrogens with zero attached hydrogens (tertiary/aromatic N) is 2. The minimum Gasteiger partial charge on any atom is -0.371 e. The predicted octanol–water partition coefficient (Wildman–Crippen LogP) is 2.05. The first-order chi connectivity index (χ1) is 11.6. The van der Waals surface area contributed by atoms with Crippen LogP contribution in [0.1, 0.15) is 19.3 Å². The summed E-state index contributed by atoms with van der Waals surface area (Å²) in [5.74, 6) is 0.232. The van der Waals surface area contributed by atoms with Gasteiger partial charge in [0.1, 0.15) is 5.82 Å². The van der Waals surface area contributed by atoms with E-state index < -0.39 is 0 Å². The third-order valence-corrected chi connectivity index (χ3v) is 4.99. The van der Waals surface area contributed by atoms with E-state index in [1.807, 2.05) is 12.1 Å². The average molecular weight is 334 g/mol. The SMILES string of the molecule is CN1CCC[C@H](NC(=O)NC[C@@H]2CCN(c3ccc(F)cc3)C2)C1. The second-order valence-corrected chi connectivity index (χ2v) is 7.03. The molecule has 2 atom stereocenters. The van der Waals surface area contributed by atoms with E-state index in [1.165, 1.54) is 12.1 Å². The molecule has 0 saturated carbocycles. The molecule has 2 saturated heterocycles. The lowest BCUT2D eigenvalue weighted by atomic mass is 10.1. The standard InChI is InChI=1S/C18H27FN4O/c1-22-9-2-3-16(13-22)21-18(24)20-11-14-8-10-23(12-14)17-6-4-15(19)5-7-17/h4-7,14,16H,2-3,8-13H2,1H3,(H2,20,21,24)/t14-,16-/m0/s1. The van der Waals surface area contributed by atoms with E-state index in [9.17, 15) is 9.18 Å². The number of piperidine rings is 1. The number of anilines is 1. The van der Waals surface area contributed by atoms with Crippen molar-refractivity contribution in [3.63, 3.8) is 0 Å². The third kappa shape index (κ3) is 4.60. The maximum Gasteiger partial charge on any atom is 0.315 e. The van der Waals surface area contributed by atoms with Crippen LogP contribution in [0.2, 0.25) is 0 Å². The number of rotatable bonds is 4. The second-order valence-electron chi connectivity index (χ2n) is 7.03. The molecule has 2 heterocycles. The molecule has 2 amide bonds. The Morgan fingerprint density at radius 2 is 2.00 bits per heavy atom. The van der Waals surface area contributed by atoms with Crippen molar-refractivity contribution in [3.05, 3.63) is 30.1 Å². The Morgan fingerprint density at radius 1 is 1.21 bits per heavy atom. The average Bonchev–Trinajstić information content (AvgIpc) is 3.03. The number of halogens is 1. The van der Waals surface area contributed by atoms with Crippen molar-refractivity contribution < 1.29 is 9.18 Å². The fraction of sp³-hybridized carbons (Fsp3) is 0.611. The minimum absolute atomic E-state index is 0.0597. The van der Waals surface area contributed by atoms with E-state index in [1.54, 1.807) is 0 Å². The predicted molar refractivity (Wildman–Crippen MR) is 93.8 cm³/mol. The van der Waals surface area contributed by atoms with E-state index in [4.69, 9.17) is 0 Å². The molecule has 0 aromatic heterocycles. The van der Waals surface area contributed by atoms with Crippen LogP contribution in [-0.2, 0) is 0 Å². The van der Waals surface area contributed by atoms with Crippen molar-refractivity contribution in [2.75, 3.05) is 44.7 Å². The molecule has 2 N–H and O–H groups in total. The molecule has 2 aliphatic rings. The van der Waals surface area contributed by atoms with Crippen molar-refractivity contribution >= 4 is 11.7 Å². The van der Waals surface area contributed by atoms with Gasteiger partial charge in [-0.2, -0.15) is 0 Å². The Balaban J connectivity index is 1.39. The third-order valence-electron chi connectivity index (χ3n) is 4.99. The Kier molecular flexibility index (Phi) is 5.56. The van der Waals surface area contributed by atoms with E-state index >= 15 is 0 Å². The summed E-state index contributed by atoms with van der Waals surface area (Å²) in [7, 11) is 2.09. The van der Waals surface area contributed by atoms with Crippen molar-refractivity contribution in [2.24, 2.45) is 5.92 Å². The first-order valence-corrected chi connectivity index (χ1v) is 8.83. The van der Waals surface area contributed by atoms with E-state index in [0.717, 1.165) is 51.1 Å². The molecule has 0 aliphatic carbocycles. The summed E-state index contributed by atoms with van der Waals surface area (Å²) >= 11 is 0. The molecular formula is C18H27FN4O. The molecular weight excluding hydrogens is 307 g/mol. The number of nitrogens with one attached hydrogen (secondary N) is 2. The molecule has 0 bridgehead atoms. The van der Waals surface area contributed by atoms with Gasteiger partial charge in [-0.25, -0.2) is 9.18 Å². The minimum atomic E-state index is -0.207. The van der Waals surface area contributed by atoms with E-state index in [0.29, 0.717) is 12.5 Å². The van der Waals surface area contributed by atoms with Gasteiger partial charge in [-0.05, 0) is 63.0 Å². The molecule has 0 radical (unpaired) electrons. The summed E-state index contributed by atoms with van der Waals surface area (Å²) in [6.07, 6.45) is 3.24. The van der Waals surface area contributed by atoms with Crippen molar-refractivity contribution in [3.8, 4) is 0 Å². The van der Waals surface area contributed by atoms with Crippen LogP contribution in [0.25, 0.3) is 0 Å². The maximum atomic E-state index is 13.0. The normalized spacial score (nSPS) is 24.8. The lowest BCUT2D eigenvalue weighted by Gasteiger charge is -2.30. The van der Waals surface area contributed by atoms with Gasteiger partial charge in [0.05, 0.1) is 0 Å². The van der Waals surface area contributed by atoms with Crippen molar-refractivity contribution in [1.82, 2.24) is 15.5 Å². The number of amides is 2. The molecule has 0 unspecified atom stereocenters. The highest BCUT2D eigenvalue weighted by molar-refractivity contribution is 5.74. The number of carbonyl (C=O) groups excluding carboxylic acids is 1. The fourth-order valence-corrected chi connectivity index (χ4v) is 3.64. The first kappa shape index (κ1) is 17.0. The number of carbonyl (C=O) groups is 1. The monoisotopic (exact) mass is 334 g/mol. The van der Waals surface area contributed by atoms with Crippen LogP contribution in [0.15, 0.2) is 24.3 Å². The van der Waals surface area contributed by atoms with Gasteiger partial charge in [0.25, 0.3) is 0 Å². The molecule has 2 aliphatic heterocycles. The summed E-state index contributed by atoms with van der Waals surface area (Å²) in [5, 5.41) is 6.09. The van der Waals surface area contributed by atoms with Crippen molar-refractivity contribution in [1.29, 1.82) is 0 Å². The highest BCUT2D eigenvalue weighted by Gasteiger charge is 2.24. The molecule has 2 fully saturated rings. The number of likely N-dealkylation sites (tertiary alicyclic amines) is 1. The van der Waals surface area contributed by atoms with Gasteiger partial charge in [-0.15, -0.1) is 0 Å². The molecule has 132 valence electrons. The van der Waals surface area contributed by atoms with E-state index in [-0.39, 0.29) is 17.9 Å². The quantitative estimate of drug-likeness (QED) is 0.886. The molecule has 1 aromatic carbocycles. The zero-order chi connectivity index (χ0) is 16.9.